The van der Waals surface area contributed by atoms with Crippen LogP contribution in [-0.2, 0) is 5.88 Å². The van der Waals surface area contributed by atoms with Crippen molar-refractivity contribution in [2.75, 3.05) is 7.11 Å². The second-order valence-corrected chi connectivity index (χ2v) is 4.81. The van der Waals surface area contributed by atoms with Gasteiger partial charge < -0.3 is 4.74 Å². The van der Waals surface area contributed by atoms with Crippen LogP contribution in [0, 0.1) is 12.7 Å². The first kappa shape index (κ1) is 13.8. The molecule has 21 heavy (non-hydrogen) atoms. The lowest BCUT2D eigenvalue weighted by Crippen LogP contribution is -2.01. The number of aromatic nitrogens is 4. The van der Waals surface area contributed by atoms with E-state index in [2.05, 4.69) is 15.0 Å². The molecule has 3 aromatic rings. The fraction of sp³-hybridized carbons (Fsp3) is 0.214. The maximum atomic E-state index is 13.7. The Morgan fingerprint density at radius 1 is 1.29 bits per heavy atom. The van der Waals surface area contributed by atoms with Gasteiger partial charge in [-0.3, -0.25) is 4.57 Å². The minimum atomic E-state index is -0.326. The molecule has 2 heterocycles. The van der Waals surface area contributed by atoms with Crippen molar-refractivity contribution in [3.63, 3.8) is 0 Å². The molecule has 0 N–H and O–H groups in total. The molecule has 0 fully saturated rings. The molecule has 0 spiro atoms. The van der Waals surface area contributed by atoms with Gasteiger partial charge in [-0.15, -0.1) is 11.6 Å². The summed E-state index contributed by atoms with van der Waals surface area (Å²) in [5, 5.41) is 0. The Morgan fingerprint density at radius 3 is 2.76 bits per heavy atom. The van der Waals surface area contributed by atoms with E-state index >= 15 is 0 Å². The van der Waals surface area contributed by atoms with Crippen LogP contribution < -0.4 is 4.74 Å². The smallest absolute Gasteiger partial charge is 0.245 e. The average Bonchev–Trinajstić information content (AvgIpc) is 2.84. The standard InChI is InChI=1S/C14H12ClFN4O/c1-8-3-9(16)5-10(4-8)20-11(6-15)19-12-13(20)17-7-18-14(12)21-2/h3-5,7H,6H2,1-2H3. The zero-order valence-corrected chi connectivity index (χ0v) is 12.2. The summed E-state index contributed by atoms with van der Waals surface area (Å²) in [5.41, 5.74) is 2.44. The molecular formula is C14H12ClFN4O. The number of benzene rings is 1. The molecule has 3 rings (SSSR count). The number of fused-ring (bicyclic) bond motifs is 1. The molecule has 0 atom stereocenters. The topological polar surface area (TPSA) is 52.8 Å². The van der Waals surface area contributed by atoms with Crippen molar-refractivity contribution in [1.29, 1.82) is 0 Å². The number of methoxy groups -OCH3 is 1. The summed E-state index contributed by atoms with van der Waals surface area (Å²) in [6.45, 7) is 1.82. The van der Waals surface area contributed by atoms with Gasteiger partial charge in [0.2, 0.25) is 5.88 Å². The number of hydrogen-bond acceptors (Lipinski definition) is 4. The molecule has 0 unspecified atom stereocenters. The van der Waals surface area contributed by atoms with E-state index in [-0.39, 0.29) is 11.7 Å². The van der Waals surface area contributed by atoms with E-state index in [9.17, 15) is 4.39 Å². The van der Waals surface area contributed by atoms with E-state index in [4.69, 9.17) is 16.3 Å². The third-order valence-corrected chi connectivity index (χ3v) is 3.32. The number of alkyl halides is 1. The van der Waals surface area contributed by atoms with Crippen LogP contribution in [0.4, 0.5) is 4.39 Å². The Bertz CT molecular complexity index is 798. The van der Waals surface area contributed by atoms with Gasteiger partial charge in [-0.05, 0) is 30.7 Å². The largest absolute Gasteiger partial charge is 0.479 e. The summed E-state index contributed by atoms with van der Waals surface area (Å²) in [6, 6.07) is 4.71. The second kappa shape index (κ2) is 5.29. The van der Waals surface area contributed by atoms with Gasteiger partial charge >= 0.3 is 0 Å². The van der Waals surface area contributed by atoms with E-state index in [0.717, 1.165) is 5.56 Å². The van der Waals surface area contributed by atoms with Crippen molar-refractivity contribution in [3.05, 3.63) is 41.7 Å². The van der Waals surface area contributed by atoms with Crippen molar-refractivity contribution < 1.29 is 9.13 Å². The Hall–Kier alpha value is -2.21. The highest BCUT2D eigenvalue weighted by Crippen LogP contribution is 2.26. The Balaban J connectivity index is 2.35. The summed E-state index contributed by atoms with van der Waals surface area (Å²) >= 11 is 5.96. The van der Waals surface area contributed by atoms with Crippen LogP contribution >= 0.6 is 11.6 Å². The second-order valence-electron chi connectivity index (χ2n) is 4.54. The molecule has 0 saturated carbocycles. The summed E-state index contributed by atoms with van der Waals surface area (Å²) in [7, 11) is 1.51. The van der Waals surface area contributed by atoms with E-state index < -0.39 is 0 Å². The summed E-state index contributed by atoms with van der Waals surface area (Å²) < 4.78 is 20.6. The zero-order chi connectivity index (χ0) is 15.0. The van der Waals surface area contributed by atoms with E-state index in [1.807, 2.05) is 13.0 Å². The van der Waals surface area contributed by atoms with Gasteiger partial charge in [0, 0.05) is 0 Å². The maximum Gasteiger partial charge on any atom is 0.245 e. The normalized spacial score (nSPS) is 11.0. The number of nitrogens with zero attached hydrogens (tertiary/aromatic N) is 4. The van der Waals surface area contributed by atoms with Crippen LogP contribution in [0.15, 0.2) is 24.5 Å². The quantitative estimate of drug-likeness (QED) is 0.698. The molecule has 0 amide bonds. The van der Waals surface area contributed by atoms with Gasteiger partial charge in [0.05, 0.1) is 18.7 Å². The van der Waals surface area contributed by atoms with Gasteiger partial charge in [-0.1, -0.05) is 0 Å². The molecule has 0 saturated heterocycles. The van der Waals surface area contributed by atoms with Crippen molar-refractivity contribution in [3.8, 4) is 11.6 Å². The molecule has 2 aromatic heterocycles. The van der Waals surface area contributed by atoms with E-state index in [0.29, 0.717) is 28.6 Å². The van der Waals surface area contributed by atoms with Crippen molar-refractivity contribution in [2.24, 2.45) is 0 Å². The van der Waals surface area contributed by atoms with Crippen molar-refractivity contribution >= 4 is 22.8 Å². The van der Waals surface area contributed by atoms with Crippen LogP contribution in [0.5, 0.6) is 5.88 Å². The Morgan fingerprint density at radius 2 is 2.10 bits per heavy atom. The summed E-state index contributed by atoms with van der Waals surface area (Å²) in [5.74, 6) is 0.747. The lowest BCUT2D eigenvalue weighted by molar-refractivity contribution is 0.401. The van der Waals surface area contributed by atoms with Crippen molar-refractivity contribution in [2.45, 2.75) is 12.8 Å². The Kier molecular flexibility index (Phi) is 3.47. The molecule has 108 valence electrons. The van der Waals surface area contributed by atoms with Crippen LogP contribution in [-0.4, -0.2) is 26.6 Å². The lowest BCUT2D eigenvalue weighted by atomic mass is 10.2. The minimum absolute atomic E-state index is 0.162. The van der Waals surface area contributed by atoms with E-state index in [1.165, 1.54) is 25.6 Å². The monoisotopic (exact) mass is 306 g/mol. The Labute approximate surface area is 125 Å². The molecular weight excluding hydrogens is 295 g/mol. The number of ether oxygens (including phenoxy) is 1. The lowest BCUT2D eigenvalue weighted by Gasteiger charge is -2.08. The van der Waals surface area contributed by atoms with Gasteiger partial charge in [0.15, 0.2) is 11.2 Å². The molecule has 7 heteroatoms. The first-order valence-electron chi connectivity index (χ1n) is 6.24. The number of aryl methyl sites for hydroxylation is 1. The first-order chi connectivity index (χ1) is 10.1. The van der Waals surface area contributed by atoms with Crippen LogP contribution in [0.25, 0.3) is 16.9 Å². The molecule has 0 bridgehead atoms. The fourth-order valence-electron chi connectivity index (χ4n) is 2.27. The average molecular weight is 307 g/mol. The minimum Gasteiger partial charge on any atom is -0.479 e. The number of halogens is 2. The molecule has 5 nitrogen and oxygen atoms in total. The number of imidazole rings is 1. The van der Waals surface area contributed by atoms with Crippen LogP contribution in [0.1, 0.15) is 11.4 Å². The van der Waals surface area contributed by atoms with Gasteiger partial charge in [-0.2, -0.15) is 4.98 Å². The number of rotatable bonds is 3. The molecule has 0 aliphatic heterocycles. The molecule has 0 aliphatic carbocycles. The van der Waals surface area contributed by atoms with Crippen molar-refractivity contribution in [1.82, 2.24) is 19.5 Å². The predicted molar refractivity (Wildman–Crippen MR) is 77.5 cm³/mol. The van der Waals surface area contributed by atoms with Gasteiger partial charge in [0.25, 0.3) is 0 Å². The highest BCUT2D eigenvalue weighted by atomic mass is 35.5. The maximum absolute atomic E-state index is 13.7. The summed E-state index contributed by atoms with van der Waals surface area (Å²) in [4.78, 5) is 12.6. The third kappa shape index (κ3) is 2.31. The molecule has 0 aliphatic rings. The SMILES string of the molecule is COc1ncnc2c1nc(CCl)n2-c1cc(C)cc(F)c1. The zero-order valence-electron chi connectivity index (χ0n) is 11.5. The highest BCUT2D eigenvalue weighted by molar-refractivity contribution is 6.17. The summed E-state index contributed by atoms with van der Waals surface area (Å²) in [6.07, 6.45) is 1.38. The number of hydrogen-bond donors (Lipinski definition) is 0. The van der Waals surface area contributed by atoms with E-state index in [1.54, 1.807) is 4.57 Å². The third-order valence-electron chi connectivity index (χ3n) is 3.08. The highest BCUT2D eigenvalue weighted by Gasteiger charge is 2.17. The first-order valence-corrected chi connectivity index (χ1v) is 6.77. The predicted octanol–water partition coefficient (Wildman–Crippen LogP) is 3.01. The van der Waals surface area contributed by atoms with Gasteiger partial charge in [-0.25, -0.2) is 14.4 Å². The molecule has 1 aromatic carbocycles. The van der Waals surface area contributed by atoms with Gasteiger partial charge in [0.1, 0.15) is 18.0 Å². The fourth-order valence-corrected chi connectivity index (χ4v) is 2.45. The van der Waals surface area contributed by atoms with Crippen LogP contribution in [0.2, 0.25) is 0 Å². The van der Waals surface area contributed by atoms with Crippen LogP contribution in [0.3, 0.4) is 0 Å². The molecule has 0 radical (unpaired) electrons.